The van der Waals surface area contributed by atoms with Gasteiger partial charge in [0.15, 0.2) is 11.5 Å². The second-order valence-corrected chi connectivity index (χ2v) is 4.30. The maximum Gasteiger partial charge on any atom is 0.253 e. The summed E-state index contributed by atoms with van der Waals surface area (Å²) in [4.78, 5) is 15.6. The molecule has 3 rings (SSSR count). The zero-order chi connectivity index (χ0) is 13.9. The second kappa shape index (κ2) is 5.08. The second-order valence-electron chi connectivity index (χ2n) is 4.30. The number of carbonyl (C=O) groups excluding carboxylic acids is 1. The van der Waals surface area contributed by atoms with Gasteiger partial charge < -0.3 is 19.9 Å². The number of pyridine rings is 1. The van der Waals surface area contributed by atoms with E-state index >= 15 is 0 Å². The van der Waals surface area contributed by atoms with Gasteiger partial charge >= 0.3 is 0 Å². The van der Waals surface area contributed by atoms with Crippen LogP contribution in [0.25, 0.3) is 0 Å². The molecule has 0 saturated heterocycles. The minimum absolute atomic E-state index is 0.0410. The Bertz CT molecular complexity index is 657. The summed E-state index contributed by atoms with van der Waals surface area (Å²) in [7, 11) is 0. The summed E-state index contributed by atoms with van der Waals surface area (Å²) >= 11 is 0. The van der Waals surface area contributed by atoms with Crippen LogP contribution in [0.2, 0.25) is 0 Å². The third-order valence-electron chi connectivity index (χ3n) is 2.88. The number of carbonyl (C=O) groups is 1. The van der Waals surface area contributed by atoms with E-state index in [1.807, 2.05) is 12.1 Å². The average Bonchev–Trinajstić information content (AvgIpc) is 2.92. The Hall–Kier alpha value is -2.76. The molecule has 0 saturated carbocycles. The fourth-order valence-corrected chi connectivity index (χ4v) is 1.89. The number of ether oxygens (including phenoxy) is 2. The van der Waals surface area contributed by atoms with Gasteiger partial charge in [-0.2, -0.15) is 0 Å². The molecule has 1 aromatic carbocycles. The van der Waals surface area contributed by atoms with Gasteiger partial charge in [0.2, 0.25) is 6.79 Å². The van der Waals surface area contributed by atoms with Crippen molar-refractivity contribution in [3.63, 3.8) is 0 Å². The SMILES string of the molecule is O=C(NCc1ccc2c(c1)OCO2)c1cncc(O)c1. The molecular weight excluding hydrogens is 260 g/mol. The van der Waals surface area contributed by atoms with Crippen molar-refractivity contribution in [3.05, 3.63) is 47.8 Å². The highest BCUT2D eigenvalue weighted by atomic mass is 16.7. The molecule has 1 amide bonds. The van der Waals surface area contributed by atoms with E-state index in [2.05, 4.69) is 10.3 Å². The summed E-state index contributed by atoms with van der Waals surface area (Å²) in [5.41, 5.74) is 1.21. The molecule has 0 spiro atoms. The summed E-state index contributed by atoms with van der Waals surface area (Å²) in [5, 5.41) is 12.0. The first-order chi connectivity index (χ1) is 9.72. The van der Waals surface area contributed by atoms with E-state index in [9.17, 15) is 9.90 Å². The Morgan fingerprint density at radius 3 is 2.95 bits per heavy atom. The lowest BCUT2D eigenvalue weighted by atomic mass is 10.2. The van der Waals surface area contributed by atoms with E-state index in [1.54, 1.807) is 6.07 Å². The van der Waals surface area contributed by atoms with Gasteiger partial charge in [-0.3, -0.25) is 9.78 Å². The van der Waals surface area contributed by atoms with Crippen LogP contribution in [0.1, 0.15) is 15.9 Å². The molecule has 0 unspecified atom stereocenters. The van der Waals surface area contributed by atoms with E-state index in [4.69, 9.17) is 9.47 Å². The lowest BCUT2D eigenvalue weighted by Gasteiger charge is -2.06. The normalized spacial score (nSPS) is 12.2. The van der Waals surface area contributed by atoms with Crippen LogP contribution in [0.4, 0.5) is 0 Å². The molecule has 20 heavy (non-hydrogen) atoms. The lowest BCUT2D eigenvalue weighted by Crippen LogP contribution is -2.22. The van der Waals surface area contributed by atoms with Crippen molar-refractivity contribution in [1.29, 1.82) is 0 Å². The largest absolute Gasteiger partial charge is 0.506 e. The Balaban J connectivity index is 1.66. The Morgan fingerprint density at radius 2 is 2.10 bits per heavy atom. The van der Waals surface area contributed by atoms with Crippen LogP contribution in [0.15, 0.2) is 36.7 Å². The van der Waals surface area contributed by atoms with Gasteiger partial charge in [-0.15, -0.1) is 0 Å². The Kier molecular flexibility index (Phi) is 3.12. The van der Waals surface area contributed by atoms with Crippen molar-refractivity contribution in [2.45, 2.75) is 6.54 Å². The predicted octanol–water partition coefficient (Wildman–Crippen LogP) is 1.45. The summed E-state index contributed by atoms with van der Waals surface area (Å²) < 4.78 is 10.5. The van der Waals surface area contributed by atoms with Gasteiger partial charge in [-0.05, 0) is 23.8 Å². The van der Waals surface area contributed by atoms with Crippen molar-refractivity contribution < 1.29 is 19.4 Å². The molecule has 0 bridgehead atoms. The van der Waals surface area contributed by atoms with Crippen LogP contribution in [-0.4, -0.2) is 22.8 Å². The number of fused-ring (bicyclic) bond motifs is 1. The Morgan fingerprint density at radius 1 is 1.25 bits per heavy atom. The quantitative estimate of drug-likeness (QED) is 0.883. The highest BCUT2D eigenvalue weighted by molar-refractivity contribution is 5.94. The molecule has 2 heterocycles. The average molecular weight is 272 g/mol. The summed E-state index contributed by atoms with van der Waals surface area (Å²) in [6.07, 6.45) is 2.67. The molecule has 2 N–H and O–H groups in total. The van der Waals surface area contributed by atoms with E-state index in [1.165, 1.54) is 18.5 Å². The number of amides is 1. The van der Waals surface area contributed by atoms with Crippen LogP contribution < -0.4 is 14.8 Å². The van der Waals surface area contributed by atoms with Gasteiger partial charge in [0.05, 0.1) is 11.8 Å². The molecule has 6 nitrogen and oxygen atoms in total. The number of nitrogens with one attached hydrogen (secondary N) is 1. The van der Waals surface area contributed by atoms with E-state index in [-0.39, 0.29) is 18.4 Å². The number of aromatic hydroxyl groups is 1. The van der Waals surface area contributed by atoms with E-state index in [0.29, 0.717) is 23.6 Å². The minimum atomic E-state index is -0.300. The first-order valence-electron chi connectivity index (χ1n) is 6.03. The maximum absolute atomic E-state index is 11.9. The van der Waals surface area contributed by atoms with Crippen molar-refractivity contribution in [2.75, 3.05) is 6.79 Å². The van der Waals surface area contributed by atoms with Crippen LogP contribution in [-0.2, 0) is 6.54 Å². The van der Waals surface area contributed by atoms with Crippen LogP contribution in [0, 0.1) is 0 Å². The van der Waals surface area contributed by atoms with Crippen LogP contribution in [0.5, 0.6) is 17.2 Å². The highest BCUT2D eigenvalue weighted by Gasteiger charge is 2.13. The zero-order valence-electron chi connectivity index (χ0n) is 10.5. The fourth-order valence-electron chi connectivity index (χ4n) is 1.89. The number of rotatable bonds is 3. The lowest BCUT2D eigenvalue weighted by molar-refractivity contribution is 0.0950. The third kappa shape index (κ3) is 2.49. The van der Waals surface area contributed by atoms with Crippen LogP contribution >= 0.6 is 0 Å². The number of hydrogen-bond acceptors (Lipinski definition) is 5. The molecule has 0 aliphatic carbocycles. The molecule has 2 aromatic rings. The number of aromatic nitrogens is 1. The molecule has 0 radical (unpaired) electrons. The number of nitrogens with zero attached hydrogens (tertiary/aromatic N) is 1. The minimum Gasteiger partial charge on any atom is -0.506 e. The fraction of sp³-hybridized carbons (Fsp3) is 0.143. The topological polar surface area (TPSA) is 80.7 Å². The molecular formula is C14H12N2O4. The number of benzene rings is 1. The van der Waals surface area contributed by atoms with Gasteiger partial charge in [0, 0.05) is 12.7 Å². The number of hydrogen-bond donors (Lipinski definition) is 2. The van der Waals surface area contributed by atoms with Crippen molar-refractivity contribution in [3.8, 4) is 17.2 Å². The highest BCUT2D eigenvalue weighted by Crippen LogP contribution is 2.32. The summed E-state index contributed by atoms with van der Waals surface area (Å²) in [6, 6.07) is 6.85. The van der Waals surface area contributed by atoms with Crippen LogP contribution in [0.3, 0.4) is 0 Å². The molecule has 1 aromatic heterocycles. The first kappa shape index (κ1) is 12.3. The molecule has 102 valence electrons. The zero-order valence-corrected chi connectivity index (χ0v) is 10.5. The van der Waals surface area contributed by atoms with Gasteiger partial charge in [-0.1, -0.05) is 6.07 Å². The van der Waals surface area contributed by atoms with E-state index in [0.717, 1.165) is 5.56 Å². The van der Waals surface area contributed by atoms with Gasteiger partial charge in [-0.25, -0.2) is 0 Å². The maximum atomic E-state index is 11.9. The third-order valence-corrected chi connectivity index (χ3v) is 2.88. The van der Waals surface area contributed by atoms with Gasteiger partial charge in [0.1, 0.15) is 5.75 Å². The summed E-state index contributed by atoms with van der Waals surface area (Å²) in [5.74, 6) is 1.04. The smallest absolute Gasteiger partial charge is 0.253 e. The Labute approximate surface area is 115 Å². The molecule has 1 aliphatic heterocycles. The van der Waals surface area contributed by atoms with Gasteiger partial charge in [0.25, 0.3) is 5.91 Å². The summed E-state index contributed by atoms with van der Waals surface area (Å²) in [6.45, 7) is 0.575. The van der Waals surface area contributed by atoms with Crippen molar-refractivity contribution >= 4 is 5.91 Å². The first-order valence-corrected chi connectivity index (χ1v) is 6.03. The van der Waals surface area contributed by atoms with Crippen molar-refractivity contribution in [1.82, 2.24) is 10.3 Å². The van der Waals surface area contributed by atoms with E-state index < -0.39 is 0 Å². The molecule has 0 fully saturated rings. The van der Waals surface area contributed by atoms with Crippen molar-refractivity contribution in [2.24, 2.45) is 0 Å². The monoisotopic (exact) mass is 272 g/mol. The molecule has 6 heteroatoms. The molecule has 1 aliphatic rings. The predicted molar refractivity (Wildman–Crippen MR) is 69.6 cm³/mol. The molecule has 0 atom stereocenters. The standard InChI is InChI=1S/C14H12N2O4/c17-11-4-10(6-15-7-11)14(18)16-5-9-1-2-12-13(3-9)20-8-19-12/h1-4,6-7,17H,5,8H2,(H,16,18).